The number of halogens is 1. The highest BCUT2D eigenvalue weighted by molar-refractivity contribution is 9.10. The molecule has 1 unspecified atom stereocenters. The van der Waals surface area contributed by atoms with Gasteiger partial charge in [-0.3, -0.25) is 9.59 Å². The van der Waals surface area contributed by atoms with E-state index in [-0.39, 0.29) is 11.2 Å². The van der Waals surface area contributed by atoms with Gasteiger partial charge in [-0.05, 0) is 33.5 Å². The molecule has 0 fully saturated rings. The van der Waals surface area contributed by atoms with Crippen LogP contribution >= 0.6 is 27.7 Å². The third-order valence-corrected chi connectivity index (χ3v) is 6.72. The maximum absolute atomic E-state index is 12.7. The summed E-state index contributed by atoms with van der Waals surface area (Å²) in [6.07, 6.45) is -3.20. The fourth-order valence-corrected chi connectivity index (χ4v) is 4.62. The molecule has 2 rings (SSSR count). The first-order valence-electron chi connectivity index (χ1n) is 9.73. The molecule has 1 aromatic carbocycles. The lowest BCUT2D eigenvalue weighted by Gasteiger charge is -2.28. The zero-order valence-corrected chi connectivity index (χ0v) is 20.2. The first kappa shape index (κ1) is 25.8. The van der Waals surface area contributed by atoms with Gasteiger partial charge in [-0.25, -0.2) is 0 Å². The number of benzene rings is 1. The summed E-state index contributed by atoms with van der Waals surface area (Å²) in [5, 5.41) is 36.2. The van der Waals surface area contributed by atoms with Crippen molar-refractivity contribution in [2.75, 3.05) is 18.2 Å². The SMILES string of the molecule is CO[C@@H](C(=O)NC1CSc2c(Br)cccc2NC1=O)[C@H](O)[C@@H](O)[C@H](O)/C=C/C(C)(C)C. The monoisotopic (exact) mass is 516 g/mol. The van der Waals surface area contributed by atoms with E-state index in [1.165, 1.54) is 24.9 Å². The summed E-state index contributed by atoms with van der Waals surface area (Å²) in [7, 11) is 1.20. The van der Waals surface area contributed by atoms with E-state index in [0.29, 0.717) is 5.69 Å². The Morgan fingerprint density at radius 1 is 1.32 bits per heavy atom. The van der Waals surface area contributed by atoms with Crippen LogP contribution in [-0.2, 0) is 14.3 Å². The van der Waals surface area contributed by atoms with E-state index in [0.717, 1.165) is 9.37 Å². The third-order valence-electron chi connectivity index (χ3n) is 4.57. The van der Waals surface area contributed by atoms with Crippen LogP contribution in [0.25, 0.3) is 0 Å². The number of carbonyl (C=O) groups is 2. The van der Waals surface area contributed by atoms with Crippen molar-refractivity contribution in [3.63, 3.8) is 0 Å². The van der Waals surface area contributed by atoms with Crippen LogP contribution in [0.5, 0.6) is 0 Å². The van der Waals surface area contributed by atoms with Crippen molar-refractivity contribution in [1.82, 2.24) is 5.32 Å². The molecule has 0 spiro atoms. The van der Waals surface area contributed by atoms with Crippen LogP contribution < -0.4 is 10.6 Å². The highest BCUT2D eigenvalue weighted by Crippen LogP contribution is 2.36. The van der Waals surface area contributed by atoms with Gasteiger partial charge < -0.3 is 30.7 Å². The van der Waals surface area contributed by atoms with Crippen molar-refractivity contribution in [1.29, 1.82) is 0 Å². The first-order chi connectivity index (χ1) is 14.4. The normalized spacial score (nSPS) is 20.9. The van der Waals surface area contributed by atoms with Gasteiger partial charge in [-0.1, -0.05) is 39.0 Å². The second-order valence-corrected chi connectivity index (χ2v) is 10.2. The molecule has 5 atom stereocenters. The largest absolute Gasteiger partial charge is 0.387 e. The molecule has 0 saturated heterocycles. The number of carbonyl (C=O) groups excluding carboxylic acids is 2. The topological polar surface area (TPSA) is 128 Å². The van der Waals surface area contributed by atoms with Crippen LogP contribution in [0.2, 0.25) is 0 Å². The molecule has 0 aromatic heterocycles. The summed E-state index contributed by atoms with van der Waals surface area (Å²) >= 11 is 4.84. The van der Waals surface area contributed by atoms with Gasteiger partial charge in [0.1, 0.15) is 24.4 Å². The van der Waals surface area contributed by atoms with Gasteiger partial charge in [0.2, 0.25) is 5.91 Å². The zero-order valence-electron chi connectivity index (χ0n) is 17.8. The Balaban J connectivity index is 2.06. The Morgan fingerprint density at radius 3 is 2.61 bits per heavy atom. The van der Waals surface area contributed by atoms with E-state index < -0.39 is 42.3 Å². The van der Waals surface area contributed by atoms with Crippen molar-refractivity contribution in [3.05, 3.63) is 34.8 Å². The molecule has 0 bridgehead atoms. The number of ether oxygens (including phenoxy) is 1. The minimum atomic E-state index is -1.71. The molecule has 31 heavy (non-hydrogen) atoms. The average molecular weight is 517 g/mol. The number of nitrogens with one attached hydrogen (secondary N) is 2. The summed E-state index contributed by atoms with van der Waals surface area (Å²) in [4.78, 5) is 26.1. The number of aliphatic hydroxyl groups is 3. The molecule has 0 saturated carbocycles. The van der Waals surface area contributed by atoms with E-state index in [9.17, 15) is 24.9 Å². The highest BCUT2D eigenvalue weighted by atomic mass is 79.9. The molecular weight excluding hydrogens is 488 g/mol. The molecule has 1 aliphatic rings. The summed E-state index contributed by atoms with van der Waals surface area (Å²) in [5.74, 6) is -0.915. The maximum Gasteiger partial charge on any atom is 0.252 e. The smallest absolute Gasteiger partial charge is 0.252 e. The number of anilines is 1. The van der Waals surface area contributed by atoms with Gasteiger partial charge >= 0.3 is 0 Å². The molecule has 0 radical (unpaired) electrons. The minimum Gasteiger partial charge on any atom is -0.387 e. The number of hydrogen-bond acceptors (Lipinski definition) is 7. The van der Waals surface area contributed by atoms with Crippen LogP contribution in [0.1, 0.15) is 20.8 Å². The number of aliphatic hydroxyl groups excluding tert-OH is 3. The van der Waals surface area contributed by atoms with Gasteiger partial charge in [0.05, 0.1) is 5.69 Å². The summed E-state index contributed by atoms with van der Waals surface area (Å²) in [5.41, 5.74) is 0.398. The van der Waals surface area contributed by atoms with Gasteiger partial charge in [0.15, 0.2) is 6.10 Å². The molecule has 172 valence electrons. The summed E-state index contributed by atoms with van der Waals surface area (Å²) in [6, 6.07) is 4.53. The van der Waals surface area contributed by atoms with E-state index in [2.05, 4.69) is 26.6 Å². The lowest BCUT2D eigenvalue weighted by Crippen LogP contribution is -2.55. The van der Waals surface area contributed by atoms with E-state index in [1.807, 2.05) is 26.8 Å². The summed E-state index contributed by atoms with van der Waals surface area (Å²) in [6.45, 7) is 5.74. The first-order valence-corrected chi connectivity index (χ1v) is 11.5. The second-order valence-electron chi connectivity index (χ2n) is 8.33. The molecule has 1 aliphatic heterocycles. The molecule has 8 nitrogen and oxygen atoms in total. The Morgan fingerprint density at radius 2 is 2.00 bits per heavy atom. The van der Waals surface area contributed by atoms with Crippen molar-refractivity contribution >= 4 is 45.2 Å². The predicted molar refractivity (Wildman–Crippen MR) is 123 cm³/mol. The van der Waals surface area contributed by atoms with Crippen LogP contribution in [-0.4, -0.2) is 70.5 Å². The Kier molecular flexibility index (Phi) is 9.11. The number of amides is 2. The fraction of sp³-hybridized carbons (Fsp3) is 0.524. The molecule has 1 heterocycles. The van der Waals surface area contributed by atoms with Crippen LogP contribution in [0.4, 0.5) is 5.69 Å². The van der Waals surface area contributed by atoms with Crippen molar-refractivity contribution in [3.8, 4) is 0 Å². The molecule has 0 aliphatic carbocycles. The third kappa shape index (κ3) is 7.03. The van der Waals surface area contributed by atoms with E-state index in [1.54, 1.807) is 18.2 Å². The fourth-order valence-electron chi connectivity index (χ4n) is 2.86. The molecule has 1 aromatic rings. The van der Waals surface area contributed by atoms with E-state index in [4.69, 9.17) is 4.74 Å². The van der Waals surface area contributed by atoms with Crippen molar-refractivity contribution in [2.45, 2.75) is 56.1 Å². The summed E-state index contributed by atoms with van der Waals surface area (Å²) < 4.78 is 5.90. The lowest BCUT2D eigenvalue weighted by atomic mass is 9.94. The van der Waals surface area contributed by atoms with Gasteiger partial charge in [0.25, 0.3) is 5.91 Å². The molecule has 2 amide bonds. The average Bonchev–Trinajstić information content (AvgIpc) is 2.85. The predicted octanol–water partition coefficient (Wildman–Crippen LogP) is 1.68. The molecule has 5 N–H and O–H groups in total. The van der Waals surface area contributed by atoms with Gasteiger partial charge in [-0.15, -0.1) is 11.8 Å². The lowest BCUT2D eigenvalue weighted by molar-refractivity contribution is -0.150. The van der Waals surface area contributed by atoms with E-state index >= 15 is 0 Å². The zero-order chi connectivity index (χ0) is 23.3. The number of allylic oxidation sites excluding steroid dienone is 1. The molecular formula is C21H29BrN2O6S. The standard InChI is InChI=1S/C21H29BrN2O6S/c1-21(2,3)9-8-14(25)15(26)16(27)17(30-4)20(29)24-13-10-31-18-11(22)6-5-7-12(18)23-19(13)28/h5-9,13-17,25-27H,10H2,1-4H3,(H,23,28)(H,24,29)/b9-8+/t13?,14-,15+,16-,17-/m1/s1. The number of thioether (sulfide) groups is 1. The number of hydrogen-bond donors (Lipinski definition) is 5. The Labute approximate surface area is 194 Å². The van der Waals surface area contributed by atoms with Gasteiger partial charge in [-0.2, -0.15) is 0 Å². The van der Waals surface area contributed by atoms with Crippen LogP contribution in [0.15, 0.2) is 39.7 Å². The molecule has 10 heteroatoms. The van der Waals surface area contributed by atoms with Crippen LogP contribution in [0.3, 0.4) is 0 Å². The minimum absolute atomic E-state index is 0.235. The quantitative estimate of drug-likeness (QED) is 0.348. The van der Waals surface area contributed by atoms with Crippen molar-refractivity contribution in [2.24, 2.45) is 5.41 Å². The number of methoxy groups -OCH3 is 1. The maximum atomic E-state index is 12.7. The Hall–Kier alpha value is -1.43. The number of rotatable bonds is 7. The Bertz CT molecular complexity index is 829. The highest BCUT2D eigenvalue weighted by Gasteiger charge is 2.37. The van der Waals surface area contributed by atoms with Crippen molar-refractivity contribution < 1.29 is 29.6 Å². The van der Waals surface area contributed by atoms with Gasteiger partial charge in [0, 0.05) is 22.2 Å². The second kappa shape index (κ2) is 10.9. The number of fused-ring (bicyclic) bond motifs is 1. The van der Waals surface area contributed by atoms with Crippen LogP contribution in [0, 0.1) is 5.41 Å².